The van der Waals surface area contributed by atoms with Crippen LogP contribution in [-0.4, -0.2) is 34.4 Å². The van der Waals surface area contributed by atoms with Crippen molar-refractivity contribution < 1.29 is 9.90 Å². The van der Waals surface area contributed by atoms with Crippen molar-refractivity contribution in [3.8, 4) is 0 Å². The molecule has 2 atom stereocenters. The Morgan fingerprint density at radius 1 is 1.33 bits per heavy atom. The van der Waals surface area contributed by atoms with Gasteiger partial charge in [-0.1, -0.05) is 25.3 Å². The fourth-order valence-electron chi connectivity index (χ4n) is 2.77. The predicted molar refractivity (Wildman–Crippen MR) is 86.0 cm³/mol. The number of aliphatic hydroxyl groups excluding tert-OH is 1. The first-order valence-electron chi connectivity index (χ1n) is 7.67. The fraction of sp³-hybridized carbons (Fsp3) is 0.625. The van der Waals surface area contributed by atoms with Crippen molar-refractivity contribution in [3.63, 3.8) is 0 Å². The Kier molecular flexibility index (Phi) is 7.03. The molecule has 2 rings (SSSR count). The summed E-state index contributed by atoms with van der Waals surface area (Å²) < 4.78 is 0. The Labute approximate surface area is 130 Å². The van der Waals surface area contributed by atoms with Gasteiger partial charge in [0.05, 0.1) is 11.4 Å². The van der Waals surface area contributed by atoms with Crippen LogP contribution in [0.15, 0.2) is 24.4 Å². The molecule has 1 amide bonds. The Bertz CT molecular complexity index is 428. The molecule has 0 aromatic carbocycles. The minimum atomic E-state index is 0.0706. The van der Waals surface area contributed by atoms with Gasteiger partial charge in [-0.2, -0.15) is 0 Å². The number of amides is 1. The minimum Gasteiger partial charge on any atom is -0.396 e. The molecule has 4 nitrogen and oxygen atoms in total. The van der Waals surface area contributed by atoms with E-state index in [1.165, 1.54) is 6.42 Å². The number of thioether (sulfide) groups is 1. The average Bonchev–Trinajstić information content (AvgIpc) is 2.73. The number of hydrogen-bond donors (Lipinski definition) is 2. The Balaban J connectivity index is 1.72. The van der Waals surface area contributed by atoms with Crippen LogP contribution >= 0.6 is 11.8 Å². The lowest BCUT2D eigenvalue weighted by atomic mass is 9.96. The summed E-state index contributed by atoms with van der Waals surface area (Å²) in [5.74, 6) is 1.49. The first-order valence-corrected chi connectivity index (χ1v) is 8.83. The maximum absolute atomic E-state index is 12.0. The van der Waals surface area contributed by atoms with Crippen LogP contribution in [0.2, 0.25) is 0 Å². The number of pyridine rings is 1. The molecule has 0 aliphatic heterocycles. The highest BCUT2D eigenvalue weighted by molar-refractivity contribution is 7.99. The first kappa shape index (κ1) is 16.3. The molecule has 5 heteroatoms. The van der Waals surface area contributed by atoms with Gasteiger partial charge in [0.2, 0.25) is 5.91 Å². The van der Waals surface area contributed by atoms with Gasteiger partial charge in [0.15, 0.2) is 0 Å². The maximum atomic E-state index is 12.0. The Morgan fingerprint density at radius 3 is 2.95 bits per heavy atom. The predicted octanol–water partition coefficient (Wildman–Crippen LogP) is 2.37. The lowest BCUT2D eigenvalue weighted by Gasteiger charge is -2.24. The minimum absolute atomic E-state index is 0.0706. The summed E-state index contributed by atoms with van der Waals surface area (Å²) in [5, 5.41) is 12.6. The average molecular weight is 308 g/mol. The van der Waals surface area contributed by atoms with Crippen LogP contribution in [0.5, 0.6) is 0 Å². The lowest BCUT2D eigenvalue weighted by molar-refractivity contribution is -0.119. The van der Waals surface area contributed by atoms with Gasteiger partial charge in [-0.25, -0.2) is 0 Å². The molecule has 1 saturated carbocycles. The molecule has 0 spiro atoms. The molecule has 1 aromatic heterocycles. The number of carbonyl (C=O) groups is 1. The normalized spacial score (nSPS) is 22.5. The van der Waals surface area contributed by atoms with Gasteiger partial charge in [0, 0.05) is 30.5 Å². The van der Waals surface area contributed by atoms with Gasteiger partial charge in [0.25, 0.3) is 0 Å². The summed E-state index contributed by atoms with van der Waals surface area (Å²) in [5.41, 5.74) is 0.998. The SMILES string of the molecule is O=C(CSCc1ccccn1)NC1CCCCCC1CO. The molecular formula is C16H24N2O2S. The van der Waals surface area contributed by atoms with Gasteiger partial charge in [0.1, 0.15) is 0 Å². The zero-order valence-corrected chi connectivity index (χ0v) is 13.1. The Morgan fingerprint density at radius 2 is 2.19 bits per heavy atom. The monoisotopic (exact) mass is 308 g/mol. The van der Waals surface area contributed by atoms with Gasteiger partial charge in [-0.05, 0) is 25.0 Å². The van der Waals surface area contributed by atoms with Crippen molar-refractivity contribution in [3.05, 3.63) is 30.1 Å². The topological polar surface area (TPSA) is 62.2 Å². The van der Waals surface area contributed by atoms with Crippen molar-refractivity contribution >= 4 is 17.7 Å². The van der Waals surface area contributed by atoms with Crippen molar-refractivity contribution in [2.24, 2.45) is 5.92 Å². The van der Waals surface area contributed by atoms with Gasteiger partial charge >= 0.3 is 0 Å². The third kappa shape index (κ3) is 5.67. The highest BCUT2D eigenvalue weighted by Gasteiger charge is 2.24. The molecule has 1 heterocycles. The van der Waals surface area contributed by atoms with Crippen LogP contribution < -0.4 is 5.32 Å². The molecule has 1 aromatic rings. The van der Waals surface area contributed by atoms with Crippen LogP contribution in [0.1, 0.15) is 37.8 Å². The number of nitrogens with one attached hydrogen (secondary N) is 1. The zero-order valence-electron chi connectivity index (χ0n) is 12.3. The molecule has 0 bridgehead atoms. The van der Waals surface area contributed by atoms with Crippen molar-refractivity contribution in [1.82, 2.24) is 10.3 Å². The summed E-state index contributed by atoms with van der Waals surface area (Å²) in [6.07, 6.45) is 7.28. The molecule has 1 fully saturated rings. The molecule has 0 radical (unpaired) electrons. The third-order valence-electron chi connectivity index (χ3n) is 3.95. The second kappa shape index (κ2) is 9.05. The quantitative estimate of drug-likeness (QED) is 0.792. The molecule has 2 unspecified atom stereocenters. The second-order valence-corrected chi connectivity index (χ2v) is 6.55. The zero-order chi connectivity index (χ0) is 14.9. The largest absolute Gasteiger partial charge is 0.396 e. The molecule has 1 aliphatic rings. The van der Waals surface area contributed by atoms with Crippen LogP contribution in [0.3, 0.4) is 0 Å². The molecular weight excluding hydrogens is 284 g/mol. The highest BCUT2D eigenvalue weighted by Crippen LogP contribution is 2.23. The number of rotatable bonds is 6. The number of aromatic nitrogens is 1. The molecule has 116 valence electrons. The maximum Gasteiger partial charge on any atom is 0.230 e. The molecule has 2 N–H and O–H groups in total. The van der Waals surface area contributed by atoms with E-state index in [1.54, 1.807) is 18.0 Å². The number of nitrogens with zero attached hydrogens (tertiary/aromatic N) is 1. The summed E-state index contributed by atoms with van der Waals surface area (Å²) in [4.78, 5) is 16.3. The van der Waals surface area contributed by atoms with Gasteiger partial charge < -0.3 is 10.4 Å². The van der Waals surface area contributed by atoms with E-state index in [-0.39, 0.29) is 24.5 Å². The van der Waals surface area contributed by atoms with Gasteiger partial charge in [-0.15, -0.1) is 11.8 Å². The van der Waals surface area contributed by atoms with Crippen LogP contribution in [0, 0.1) is 5.92 Å². The lowest BCUT2D eigenvalue weighted by Crippen LogP contribution is -2.42. The van der Waals surface area contributed by atoms with E-state index in [4.69, 9.17) is 0 Å². The van der Waals surface area contributed by atoms with E-state index in [1.807, 2.05) is 18.2 Å². The molecule has 1 aliphatic carbocycles. The van der Waals surface area contributed by atoms with Crippen LogP contribution in [0.4, 0.5) is 0 Å². The fourth-order valence-corrected chi connectivity index (χ4v) is 3.52. The summed E-state index contributed by atoms with van der Waals surface area (Å²) in [6.45, 7) is 0.173. The third-order valence-corrected chi connectivity index (χ3v) is 4.92. The molecule has 0 saturated heterocycles. The van der Waals surface area contributed by atoms with E-state index in [0.29, 0.717) is 5.75 Å². The van der Waals surface area contributed by atoms with Crippen LogP contribution in [0.25, 0.3) is 0 Å². The number of hydrogen-bond acceptors (Lipinski definition) is 4. The molecule has 21 heavy (non-hydrogen) atoms. The smallest absolute Gasteiger partial charge is 0.230 e. The van der Waals surface area contributed by atoms with E-state index < -0.39 is 0 Å². The summed E-state index contributed by atoms with van der Waals surface area (Å²) in [7, 11) is 0. The number of carbonyl (C=O) groups excluding carboxylic acids is 1. The summed E-state index contributed by atoms with van der Waals surface area (Å²) in [6, 6.07) is 5.96. The van der Waals surface area contributed by atoms with E-state index in [9.17, 15) is 9.90 Å². The van der Waals surface area contributed by atoms with E-state index >= 15 is 0 Å². The standard InChI is InChI=1S/C16H24N2O2S/c19-10-13-6-2-1-3-8-15(13)18-16(20)12-21-11-14-7-4-5-9-17-14/h4-5,7,9,13,15,19H,1-3,6,8,10-12H2,(H,18,20). The number of aliphatic hydroxyl groups is 1. The van der Waals surface area contributed by atoms with Crippen molar-refractivity contribution in [2.75, 3.05) is 12.4 Å². The van der Waals surface area contributed by atoms with Gasteiger partial charge in [-0.3, -0.25) is 9.78 Å². The Hall–Kier alpha value is -1.07. The van der Waals surface area contributed by atoms with Crippen molar-refractivity contribution in [1.29, 1.82) is 0 Å². The van der Waals surface area contributed by atoms with E-state index in [2.05, 4.69) is 10.3 Å². The van der Waals surface area contributed by atoms with E-state index in [0.717, 1.165) is 37.1 Å². The van der Waals surface area contributed by atoms with Crippen LogP contribution in [-0.2, 0) is 10.5 Å². The second-order valence-electron chi connectivity index (χ2n) is 5.57. The first-order chi connectivity index (χ1) is 10.3. The van der Waals surface area contributed by atoms with Crippen molar-refractivity contribution in [2.45, 2.75) is 43.9 Å². The summed E-state index contributed by atoms with van der Waals surface area (Å²) >= 11 is 1.58. The highest BCUT2D eigenvalue weighted by atomic mass is 32.2.